The number of aromatic hydroxyl groups is 2. The van der Waals surface area contributed by atoms with Crippen molar-refractivity contribution in [3.8, 4) is 11.5 Å². The number of hydrogen-bond acceptors (Lipinski definition) is 3. The molecule has 0 spiro atoms. The maximum atomic E-state index is 11.9. The van der Waals surface area contributed by atoms with Gasteiger partial charge in [-0.1, -0.05) is 19.8 Å². The van der Waals surface area contributed by atoms with E-state index in [-0.39, 0.29) is 23.0 Å². The topological polar surface area (TPSA) is 69.6 Å². The van der Waals surface area contributed by atoms with Crippen molar-refractivity contribution in [2.75, 3.05) is 6.54 Å². The van der Waals surface area contributed by atoms with Crippen LogP contribution in [-0.4, -0.2) is 22.7 Å². The van der Waals surface area contributed by atoms with E-state index in [4.69, 9.17) is 0 Å². The Kier molecular flexibility index (Phi) is 3.75. The zero-order valence-electron chi connectivity index (χ0n) is 10.5. The molecule has 0 aliphatic heterocycles. The zero-order valence-corrected chi connectivity index (χ0v) is 10.5. The first-order chi connectivity index (χ1) is 8.56. The molecule has 4 heteroatoms. The quantitative estimate of drug-likeness (QED) is 0.769. The van der Waals surface area contributed by atoms with E-state index in [0.29, 0.717) is 18.4 Å². The van der Waals surface area contributed by atoms with Gasteiger partial charge in [0.15, 0.2) is 0 Å². The van der Waals surface area contributed by atoms with Crippen molar-refractivity contribution in [3.05, 3.63) is 23.8 Å². The molecule has 2 atom stereocenters. The number of amides is 1. The van der Waals surface area contributed by atoms with Crippen LogP contribution in [0.1, 0.15) is 36.5 Å². The van der Waals surface area contributed by atoms with Crippen molar-refractivity contribution in [2.24, 2.45) is 11.8 Å². The number of rotatable bonds is 3. The fourth-order valence-corrected chi connectivity index (χ4v) is 2.58. The Bertz CT molecular complexity index is 424. The van der Waals surface area contributed by atoms with E-state index >= 15 is 0 Å². The van der Waals surface area contributed by atoms with Gasteiger partial charge in [0.05, 0.1) is 0 Å². The van der Waals surface area contributed by atoms with Gasteiger partial charge in [-0.2, -0.15) is 0 Å². The second-order valence-corrected chi connectivity index (χ2v) is 5.12. The third kappa shape index (κ3) is 2.94. The fourth-order valence-electron chi connectivity index (χ4n) is 2.58. The molecule has 1 aromatic rings. The Morgan fingerprint density at radius 3 is 2.50 bits per heavy atom. The molecule has 0 aromatic heterocycles. The molecule has 0 bridgehead atoms. The molecule has 18 heavy (non-hydrogen) atoms. The van der Waals surface area contributed by atoms with E-state index in [9.17, 15) is 15.0 Å². The maximum absolute atomic E-state index is 11.9. The first kappa shape index (κ1) is 12.7. The van der Waals surface area contributed by atoms with Crippen molar-refractivity contribution in [1.82, 2.24) is 5.32 Å². The van der Waals surface area contributed by atoms with E-state index in [2.05, 4.69) is 12.2 Å². The van der Waals surface area contributed by atoms with E-state index in [1.807, 2.05) is 0 Å². The summed E-state index contributed by atoms with van der Waals surface area (Å²) in [5.74, 6) is 0.742. The minimum absolute atomic E-state index is 0.102. The SMILES string of the molecule is CC1CCCC1CNC(=O)c1cc(O)cc(O)c1. The number of phenolic OH excluding ortho intramolecular Hbond substituents is 2. The highest BCUT2D eigenvalue weighted by molar-refractivity contribution is 5.95. The smallest absolute Gasteiger partial charge is 0.251 e. The molecule has 98 valence electrons. The average Bonchev–Trinajstić information content (AvgIpc) is 2.70. The van der Waals surface area contributed by atoms with Crippen molar-refractivity contribution in [2.45, 2.75) is 26.2 Å². The lowest BCUT2D eigenvalue weighted by molar-refractivity contribution is 0.0944. The van der Waals surface area contributed by atoms with Crippen LogP contribution in [0, 0.1) is 11.8 Å². The van der Waals surface area contributed by atoms with Gasteiger partial charge < -0.3 is 15.5 Å². The van der Waals surface area contributed by atoms with E-state index < -0.39 is 0 Å². The number of benzene rings is 1. The predicted molar refractivity (Wildman–Crippen MR) is 68.6 cm³/mol. The fraction of sp³-hybridized carbons (Fsp3) is 0.500. The van der Waals surface area contributed by atoms with Crippen molar-refractivity contribution >= 4 is 5.91 Å². The van der Waals surface area contributed by atoms with Crippen molar-refractivity contribution < 1.29 is 15.0 Å². The van der Waals surface area contributed by atoms with Gasteiger partial charge in [0.1, 0.15) is 11.5 Å². The van der Waals surface area contributed by atoms with Crippen LogP contribution < -0.4 is 5.32 Å². The molecule has 0 radical (unpaired) electrons. The normalized spacial score (nSPS) is 22.9. The second-order valence-electron chi connectivity index (χ2n) is 5.12. The van der Waals surface area contributed by atoms with E-state index in [1.165, 1.54) is 31.0 Å². The summed E-state index contributed by atoms with van der Waals surface area (Å²) in [7, 11) is 0. The lowest BCUT2D eigenvalue weighted by Gasteiger charge is -2.16. The molecule has 2 rings (SSSR count). The molecule has 0 heterocycles. The van der Waals surface area contributed by atoms with E-state index in [0.717, 1.165) is 6.42 Å². The first-order valence-corrected chi connectivity index (χ1v) is 6.37. The monoisotopic (exact) mass is 249 g/mol. The van der Waals surface area contributed by atoms with Gasteiger partial charge in [0.2, 0.25) is 0 Å². The largest absolute Gasteiger partial charge is 0.508 e. The van der Waals surface area contributed by atoms with Crippen LogP contribution in [0.5, 0.6) is 11.5 Å². The van der Waals surface area contributed by atoms with Gasteiger partial charge in [-0.15, -0.1) is 0 Å². The molecule has 0 saturated heterocycles. The molecule has 1 aliphatic rings. The first-order valence-electron chi connectivity index (χ1n) is 6.37. The average molecular weight is 249 g/mol. The molecule has 4 nitrogen and oxygen atoms in total. The van der Waals surface area contributed by atoms with Crippen molar-refractivity contribution in [3.63, 3.8) is 0 Å². The molecule has 3 N–H and O–H groups in total. The molecule has 1 aromatic carbocycles. The number of hydrogen-bond donors (Lipinski definition) is 3. The van der Waals surface area contributed by atoms with Crippen molar-refractivity contribution in [1.29, 1.82) is 0 Å². The van der Waals surface area contributed by atoms with Crippen LogP contribution in [0.2, 0.25) is 0 Å². The van der Waals surface area contributed by atoms with E-state index in [1.54, 1.807) is 0 Å². The Labute approximate surface area is 107 Å². The maximum Gasteiger partial charge on any atom is 0.251 e. The Morgan fingerprint density at radius 2 is 1.94 bits per heavy atom. The highest BCUT2D eigenvalue weighted by Crippen LogP contribution is 2.30. The van der Waals surface area contributed by atoms with Crippen LogP contribution in [0.25, 0.3) is 0 Å². The third-order valence-electron chi connectivity index (χ3n) is 3.73. The number of phenols is 2. The summed E-state index contributed by atoms with van der Waals surface area (Å²) in [4.78, 5) is 11.9. The van der Waals surface area contributed by atoms with Gasteiger partial charge in [-0.05, 0) is 30.4 Å². The predicted octanol–water partition coefficient (Wildman–Crippen LogP) is 2.26. The molecular weight excluding hydrogens is 230 g/mol. The molecule has 1 saturated carbocycles. The van der Waals surface area contributed by atoms with Gasteiger partial charge in [0.25, 0.3) is 5.91 Å². The molecule has 1 amide bonds. The Balaban J connectivity index is 1.95. The molecular formula is C14H19NO3. The number of nitrogens with one attached hydrogen (secondary N) is 1. The Hall–Kier alpha value is -1.71. The molecule has 1 aliphatic carbocycles. The lowest BCUT2D eigenvalue weighted by Crippen LogP contribution is -2.30. The highest BCUT2D eigenvalue weighted by Gasteiger charge is 2.23. The Morgan fingerprint density at radius 1 is 1.28 bits per heavy atom. The minimum atomic E-state index is -0.250. The minimum Gasteiger partial charge on any atom is -0.508 e. The van der Waals surface area contributed by atoms with Gasteiger partial charge >= 0.3 is 0 Å². The summed E-state index contributed by atoms with van der Waals surface area (Å²) >= 11 is 0. The zero-order chi connectivity index (χ0) is 13.1. The highest BCUT2D eigenvalue weighted by atomic mass is 16.3. The van der Waals surface area contributed by atoms with Crippen LogP contribution in [-0.2, 0) is 0 Å². The summed E-state index contributed by atoms with van der Waals surface area (Å²) in [6.45, 7) is 2.88. The number of carbonyl (C=O) groups excluding carboxylic acids is 1. The standard InChI is InChI=1S/C14H19NO3/c1-9-3-2-4-10(9)8-15-14(18)11-5-12(16)7-13(17)6-11/h5-7,9-10,16-17H,2-4,8H2,1H3,(H,15,18). The van der Waals surface area contributed by atoms with Gasteiger partial charge in [-0.3, -0.25) is 4.79 Å². The lowest BCUT2D eigenvalue weighted by atomic mass is 9.98. The van der Waals surface area contributed by atoms with Gasteiger partial charge in [-0.25, -0.2) is 0 Å². The van der Waals surface area contributed by atoms with Crippen LogP contribution in [0.15, 0.2) is 18.2 Å². The molecule has 2 unspecified atom stereocenters. The van der Waals surface area contributed by atoms with Gasteiger partial charge in [0, 0.05) is 18.2 Å². The summed E-state index contributed by atoms with van der Waals surface area (Å²) in [5.41, 5.74) is 0.290. The molecule has 1 fully saturated rings. The summed E-state index contributed by atoms with van der Waals surface area (Å²) in [6, 6.07) is 3.91. The van der Waals surface area contributed by atoms with Crippen LogP contribution in [0.4, 0.5) is 0 Å². The third-order valence-corrected chi connectivity index (χ3v) is 3.73. The van der Waals surface area contributed by atoms with Crippen LogP contribution >= 0.6 is 0 Å². The summed E-state index contributed by atoms with van der Waals surface area (Å²) in [6.07, 6.45) is 3.62. The second kappa shape index (κ2) is 5.29. The summed E-state index contributed by atoms with van der Waals surface area (Å²) < 4.78 is 0. The number of carbonyl (C=O) groups is 1. The summed E-state index contributed by atoms with van der Waals surface area (Å²) in [5, 5.41) is 21.5. The van der Waals surface area contributed by atoms with Crippen LogP contribution in [0.3, 0.4) is 0 Å².